The second-order valence-electron chi connectivity index (χ2n) is 6.40. The first-order valence-corrected chi connectivity index (χ1v) is 8.76. The van der Waals surface area contributed by atoms with Crippen molar-refractivity contribution in [1.29, 1.82) is 0 Å². The minimum Gasteiger partial charge on any atom is -0.481 e. The van der Waals surface area contributed by atoms with E-state index in [1.54, 1.807) is 18.2 Å². The van der Waals surface area contributed by atoms with Crippen molar-refractivity contribution in [2.24, 2.45) is 0 Å². The number of aliphatic carboxylic acids is 1. The summed E-state index contributed by atoms with van der Waals surface area (Å²) in [4.78, 5) is 35.2. The molecule has 1 heterocycles. The number of hydrogen-bond acceptors (Lipinski definition) is 4. The van der Waals surface area contributed by atoms with Crippen LogP contribution in [-0.4, -0.2) is 35.6 Å². The zero-order valence-electron chi connectivity index (χ0n) is 14.9. The Morgan fingerprint density at radius 3 is 2.57 bits per heavy atom. The predicted molar refractivity (Wildman–Crippen MR) is 99.7 cm³/mol. The fourth-order valence-corrected chi connectivity index (χ4v) is 2.88. The Labute approximate surface area is 160 Å². The van der Waals surface area contributed by atoms with E-state index in [1.807, 2.05) is 0 Å². The highest BCUT2D eigenvalue weighted by Crippen LogP contribution is 2.19. The second-order valence-corrected chi connectivity index (χ2v) is 6.40. The number of benzene rings is 2. The fraction of sp³-hybridized carbons (Fsp3) is 0.250. The Morgan fingerprint density at radius 1 is 1.11 bits per heavy atom. The summed E-state index contributed by atoms with van der Waals surface area (Å²) in [6.07, 6.45) is 0.578. The van der Waals surface area contributed by atoms with Crippen LogP contribution in [0, 0.1) is 5.82 Å². The van der Waals surface area contributed by atoms with E-state index in [1.165, 1.54) is 18.2 Å². The van der Waals surface area contributed by atoms with Crippen molar-refractivity contribution in [2.45, 2.75) is 25.4 Å². The van der Waals surface area contributed by atoms with Gasteiger partial charge < -0.3 is 20.5 Å². The number of anilines is 2. The van der Waals surface area contributed by atoms with Gasteiger partial charge in [0.25, 0.3) is 11.8 Å². The number of carbonyl (C=O) groups excluding carboxylic acids is 2. The highest BCUT2D eigenvalue weighted by Gasteiger charge is 2.23. The number of carboxylic acid groups (broad SMARTS) is 1. The molecule has 0 saturated carbocycles. The van der Waals surface area contributed by atoms with Crippen molar-refractivity contribution in [3.63, 3.8) is 0 Å². The van der Waals surface area contributed by atoms with E-state index >= 15 is 0 Å². The highest BCUT2D eigenvalue weighted by atomic mass is 19.1. The van der Waals surface area contributed by atoms with Crippen molar-refractivity contribution in [3.05, 3.63) is 59.4 Å². The average Bonchev–Trinajstić information content (AvgIpc) is 3.19. The standard InChI is InChI=1S/C20H19FN2O5/c21-16-11-15(7-6-12(16)10-18(24)25)22-19(26)13-3-1-4-14(9-13)23-20(27)17-5-2-8-28-17/h1,3-4,6-7,9,11,17H,2,5,8,10H2,(H,22,26)(H,23,27)(H,24,25). The second kappa shape index (κ2) is 8.62. The van der Waals surface area contributed by atoms with Crippen LogP contribution in [-0.2, 0) is 20.7 Å². The van der Waals surface area contributed by atoms with Crippen LogP contribution in [0.1, 0.15) is 28.8 Å². The van der Waals surface area contributed by atoms with E-state index in [4.69, 9.17) is 9.84 Å². The van der Waals surface area contributed by atoms with Crippen LogP contribution in [0.15, 0.2) is 42.5 Å². The lowest BCUT2D eigenvalue weighted by Gasteiger charge is -2.12. The Balaban J connectivity index is 1.66. The molecule has 2 aromatic rings. The summed E-state index contributed by atoms with van der Waals surface area (Å²) in [5.74, 6) is -2.60. The summed E-state index contributed by atoms with van der Waals surface area (Å²) in [6, 6.07) is 10.2. The lowest BCUT2D eigenvalue weighted by atomic mass is 10.1. The molecule has 1 unspecified atom stereocenters. The maximum atomic E-state index is 13.9. The van der Waals surface area contributed by atoms with Crippen LogP contribution in [0.4, 0.5) is 15.8 Å². The van der Waals surface area contributed by atoms with Crippen molar-refractivity contribution < 1.29 is 28.6 Å². The summed E-state index contributed by atoms with van der Waals surface area (Å²) >= 11 is 0. The van der Waals surface area contributed by atoms with Crippen molar-refractivity contribution in [1.82, 2.24) is 0 Å². The number of nitrogens with one attached hydrogen (secondary N) is 2. The lowest BCUT2D eigenvalue weighted by Crippen LogP contribution is -2.27. The minimum atomic E-state index is -1.14. The van der Waals surface area contributed by atoms with E-state index in [-0.39, 0.29) is 22.7 Å². The fourth-order valence-electron chi connectivity index (χ4n) is 2.88. The Bertz CT molecular complexity index is 909. The minimum absolute atomic E-state index is 0.0318. The maximum Gasteiger partial charge on any atom is 0.307 e. The highest BCUT2D eigenvalue weighted by molar-refractivity contribution is 6.05. The smallest absolute Gasteiger partial charge is 0.307 e. The van der Waals surface area contributed by atoms with Crippen LogP contribution in [0.5, 0.6) is 0 Å². The number of halogens is 1. The van der Waals surface area contributed by atoms with Gasteiger partial charge in [-0.15, -0.1) is 0 Å². The van der Waals surface area contributed by atoms with Crippen LogP contribution in [0.25, 0.3) is 0 Å². The molecule has 0 aromatic heterocycles. The number of carboxylic acids is 1. The van der Waals surface area contributed by atoms with Gasteiger partial charge in [0, 0.05) is 23.5 Å². The first-order valence-electron chi connectivity index (χ1n) is 8.76. The normalized spacial score (nSPS) is 15.8. The van der Waals surface area contributed by atoms with E-state index in [2.05, 4.69) is 10.6 Å². The molecule has 1 aliphatic heterocycles. The molecule has 1 saturated heterocycles. The molecular formula is C20H19FN2O5. The Morgan fingerprint density at radius 2 is 1.89 bits per heavy atom. The molecule has 1 aliphatic rings. The number of amides is 2. The van der Waals surface area contributed by atoms with Gasteiger partial charge in [0.2, 0.25) is 0 Å². The summed E-state index contributed by atoms with van der Waals surface area (Å²) in [7, 11) is 0. The number of carbonyl (C=O) groups is 3. The molecule has 0 spiro atoms. The molecular weight excluding hydrogens is 367 g/mol. The van der Waals surface area contributed by atoms with Crippen molar-refractivity contribution in [2.75, 3.05) is 17.2 Å². The molecule has 8 heteroatoms. The molecule has 28 heavy (non-hydrogen) atoms. The van der Waals surface area contributed by atoms with Crippen molar-refractivity contribution in [3.8, 4) is 0 Å². The third-order valence-electron chi connectivity index (χ3n) is 4.27. The molecule has 146 valence electrons. The maximum absolute atomic E-state index is 13.9. The molecule has 3 rings (SSSR count). The first kappa shape index (κ1) is 19.5. The molecule has 1 fully saturated rings. The zero-order chi connectivity index (χ0) is 20.1. The molecule has 0 bridgehead atoms. The molecule has 3 N–H and O–H groups in total. The molecule has 1 atom stereocenters. The molecule has 7 nitrogen and oxygen atoms in total. The molecule has 0 radical (unpaired) electrons. The van der Waals surface area contributed by atoms with Gasteiger partial charge in [0.1, 0.15) is 11.9 Å². The summed E-state index contributed by atoms with van der Waals surface area (Å²) in [5.41, 5.74) is 0.964. The Kier molecular flexibility index (Phi) is 6.00. The molecule has 2 amide bonds. The quantitative estimate of drug-likeness (QED) is 0.708. The monoisotopic (exact) mass is 386 g/mol. The van der Waals surface area contributed by atoms with Crippen LogP contribution >= 0.6 is 0 Å². The summed E-state index contributed by atoms with van der Waals surface area (Å²) < 4.78 is 19.3. The number of ether oxygens (including phenoxy) is 1. The van der Waals surface area contributed by atoms with Crippen LogP contribution < -0.4 is 10.6 Å². The zero-order valence-corrected chi connectivity index (χ0v) is 14.9. The summed E-state index contributed by atoms with van der Waals surface area (Å²) in [6.45, 7) is 0.558. The largest absolute Gasteiger partial charge is 0.481 e. The third-order valence-corrected chi connectivity index (χ3v) is 4.27. The average molecular weight is 386 g/mol. The van der Waals surface area contributed by atoms with E-state index < -0.39 is 30.2 Å². The van der Waals surface area contributed by atoms with E-state index in [9.17, 15) is 18.8 Å². The van der Waals surface area contributed by atoms with Gasteiger partial charge in [0.05, 0.1) is 6.42 Å². The third kappa shape index (κ3) is 4.92. The van der Waals surface area contributed by atoms with Gasteiger partial charge in [0.15, 0.2) is 0 Å². The van der Waals surface area contributed by atoms with E-state index in [0.29, 0.717) is 18.7 Å². The van der Waals surface area contributed by atoms with Crippen LogP contribution in [0.2, 0.25) is 0 Å². The van der Waals surface area contributed by atoms with Gasteiger partial charge in [-0.3, -0.25) is 14.4 Å². The van der Waals surface area contributed by atoms with Gasteiger partial charge in [-0.05, 0) is 48.7 Å². The first-order chi connectivity index (χ1) is 13.4. The Hall–Kier alpha value is -3.26. The molecule has 0 aliphatic carbocycles. The predicted octanol–water partition coefficient (Wildman–Crippen LogP) is 2.82. The van der Waals surface area contributed by atoms with Gasteiger partial charge in [-0.2, -0.15) is 0 Å². The van der Waals surface area contributed by atoms with E-state index in [0.717, 1.165) is 12.5 Å². The lowest BCUT2D eigenvalue weighted by molar-refractivity contribution is -0.136. The molecule has 2 aromatic carbocycles. The number of hydrogen-bond donors (Lipinski definition) is 3. The van der Waals surface area contributed by atoms with Gasteiger partial charge in [-0.1, -0.05) is 12.1 Å². The summed E-state index contributed by atoms with van der Waals surface area (Å²) in [5, 5.41) is 14.0. The van der Waals surface area contributed by atoms with Crippen LogP contribution in [0.3, 0.4) is 0 Å². The topological polar surface area (TPSA) is 105 Å². The number of rotatable bonds is 6. The van der Waals surface area contributed by atoms with Crippen molar-refractivity contribution >= 4 is 29.2 Å². The van der Waals surface area contributed by atoms with Gasteiger partial charge in [-0.25, -0.2) is 4.39 Å². The SMILES string of the molecule is O=C(O)Cc1ccc(NC(=O)c2cccc(NC(=O)C3CCCO3)c2)cc1F. The van der Waals surface area contributed by atoms with Gasteiger partial charge >= 0.3 is 5.97 Å².